The van der Waals surface area contributed by atoms with Crippen molar-refractivity contribution in [3.63, 3.8) is 0 Å². The smallest absolute Gasteiger partial charge is 0.199 e. The summed E-state index contributed by atoms with van der Waals surface area (Å²) in [7, 11) is 1.74. The minimum absolute atomic E-state index is 0.0487. The highest BCUT2D eigenvalue weighted by molar-refractivity contribution is 5.34. The Morgan fingerprint density at radius 2 is 1.53 bits per heavy atom. The Morgan fingerprint density at radius 1 is 0.844 bits per heavy atom. The second-order valence-electron chi connectivity index (χ2n) is 18.4. The summed E-state index contributed by atoms with van der Waals surface area (Å²) in [6.07, 6.45) is 2.70. The lowest BCUT2D eigenvalue weighted by Crippen LogP contribution is -2.61. The number of aliphatic hydroxyl groups is 4. The van der Waals surface area contributed by atoms with Gasteiger partial charge in [-0.1, -0.05) is 34.6 Å². The second kappa shape index (κ2) is 9.45. The zero-order valence-corrected chi connectivity index (χ0v) is 28.6. The Hall–Kier alpha value is -0.360. The van der Waals surface area contributed by atoms with Crippen molar-refractivity contribution in [3.8, 4) is 0 Å². The fraction of sp³-hybridized carbons (Fsp3) is 1.00. The van der Waals surface area contributed by atoms with Crippen LogP contribution in [0.3, 0.4) is 0 Å². The number of methoxy groups -OCH3 is 1. The van der Waals surface area contributed by atoms with Crippen LogP contribution in [0.5, 0.6) is 0 Å². The Kier molecular flexibility index (Phi) is 6.69. The number of hydrogen-bond acceptors (Lipinski definition) is 9. The molecule has 3 saturated heterocycles. The number of fused-ring (bicyclic) bond motifs is 4. The molecule has 0 aromatic carbocycles. The van der Waals surface area contributed by atoms with Gasteiger partial charge in [-0.15, -0.1) is 0 Å². The minimum atomic E-state index is -1.28. The van der Waals surface area contributed by atoms with Crippen molar-refractivity contribution in [3.05, 3.63) is 0 Å². The third-order valence-corrected chi connectivity index (χ3v) is 16.4. The van der Waals surface area contributed by atoms with E-state index in [1.807, 2.05) is 0 Å². The summed E-state index contributed by atoms with van der Waals surface area (Å²) in [6, 6.07) is 0. The molecule has 0 aromatic heterocycles. The van der Waals surface area contributed by atoms with Crippen LogP contribution >= 0.6 is 0 Å². The van der Waals surface area contributed by atoms with Gasteiger partial charge in [-0.3, -0.25) is 0 Å². The molecule has 2 bridgehead atoms. The standard InChI is InChI=1S/C36H58O9/c1-18-15-20-27(31(4,5)41-8)45-36(44-20)26(18)32(6)13-14-35-17-34(35)12-11-23(43-28-25(39)24(38)19(37)16-42-28)30(2,3)21(34)9-10-22(35)33(32,7)29(36)40/h18-29,37-40H,9-17H2,1-8H3/t18-,19+,20?,21?,22?,23+,24+,25-,26?,27-,28-,29-,32-,33-,34?,35?,36+/m1/s1. The molecule has 17 atom stereocenters. The van der Waals surface area contributed by atoms with E-state index >= 15 is 0 Å². The molecule has 0 amide bonds. The van der Waals surface area contributed by atoms with Crippen molar-refractivity contribution in [2.75, 3.05) is 13.7 Å². The van der Waals surface area contributed by atoms with Crippen molar-refractivity contribution in [1.29, 1.82) is 0 Å². The average molecular weight is 635 g/mol. The molecule has 5 saturated carbocycles. The molecule has 3 spiro atoms. The van der Waals surface area contributed by atoms with Crippen LogP contribution in [-0.2, 0) is 23.7 Å². The third kappa shape index (κ3) is 3.57. The lowest BCUT2D eigenvalue weighted by molar-refractivity contribution is -0.303. The normalized spacial score (nSPS) is 61.1. The first-order valence-electron chi connectivity index (χ1n) is 17.9. The van der Waals surface area contributed by atoms with Gasteiger partial charge in [0.25, 0.3) is 0 Å². The van der Waals surface area contributed by atoms with Gasteiger partial charge in [0.15, 0.2) is 12.1 Å². The molecule has 4 N–H and O–H groups in total. The van der Waals surface area contributed by atoms with Gasteiger partial charge in [0.1, 0.15) is 30.5 Å². The average Bonchev–Trinajstić information content (AvgIpc) is 3.50. The molecule has 0 radical (unpaired) electrons. The van der Waals surface area contributed by atoms with Crippen LogP contribution in [0.25, 0.3) is 0 Å². The minimum Gasteiger partial charge on any atom is -0.388 e. The van der Waals surface area contributed by atoms with E-state index in [0.717, 1.165) is 38.5 Å². The quantitative estimate of drug-likeness (QED) is 0.342. The van der Waals surface area contributed by atoms with E-state index in [0.29, 0.717) is 17.8 Å². The number of rotatable bonds is 4. The highest BCUT2D eigenvalue weighted by atomic mass is 16.8. The zero-order valence-electron chi connectivity index (χ0n) is 28.6. The number of hydrogen-bond donors (Lipinski definition) is 4. The van der Waals surface area contributed by atoms with Crippen molar-refractivity contribution in [2.24, 2.45) is 50.7 Å². The molecule has 0 aromatic rings. The lowest BCUT2D eigenvalue weighted by Gasteiger charge is -2.63. The number of aliphatic hydroxyl groups excluding tert-OH is 4. The van der Waals surface area contributed by atoms with Gasteiger partial charge in [-0.05, 0) is 105 Å². The van der Waals surface area contributed by atoms with E-state index in [1.54, 1.807) is 7.11 Å². The van der Waals surface area contributed by atoms with E-state index in [9.17, 15) is 20.4 Å². The number of ether oxygens (including phenoxy) is 5. The zero-order chi connectivity index (χ0) is 32.3. The van der Waals surface area contributed by atoms with E-state index < -0.39 is 42.1 Å². The fourth-order valence-electron chi connectivity index (χ4n) is 14.1. The van der Waals surface area contributed by atoms with Gasteiger partial charge >= 0.3 is 0 Å². The second-order valence-corrected chi connectivity index (χ2v) is 18.4. The highest BCUT2D eigenvalue weighted by Gasteiger charge is 2.88. The molecular formula is C36H58O9. The summed E-state index contributed by atoms with van der Waals surface area (Å²) >= 11 is 0. The van der Waals surface area contributed by atoms with Gasteiger partial charge in [0.2, 0.25) is 0 Å². The maximum absolute atomic E-state index is 12.8. The molecule has 9 nitrogen and oxygen atoms in total. The summed E-state index contributed by atoms with van der Waals surface area (Å²) in [5.41, 5.74) is -0.717. The Labute approximate surface area is 268 Å². The van der Waals surface area contributed by atoms with Crippen LogP contribution in [-0.4, -0.2) is 94.5 Å². The summed E-state index contributed by atoms with van der Waals surface area (Å²) in [5.74, 6) is 0.346. The maximum atomic E-state index is 12.8. The fourth-order valence-corrected chi connectivity index (χ4v) is 14.1. The first-order chi connectivity index (χ1) is 21.0. The van der Waals surface area contributed by atoms with E-state index in [4.69, 9.17) is 23.7 Å². The van der Waals surface area contributed by atoms with Crippen molar-refractivity contribution >= 4 is 0 Å². The first kappa shape index (κ1) is 31.9. The van der Waals surface area contributed by atoms with E-state index in [-0.39, 0.29) is 57.9 Å². The SMILES string of the molecule is COC(C)(C)[C@@H]1O[C@@]23OC1C[C@@H](C)C2[C@@]1(C)CCC24CC25CC[C@H](O[C@H]2OC[C@H](O)[C@H](O)[C@H]2O)C(C)(C)C5CCC4[C@]1(C)[C@H]3O. The molecule has 9 heteroatoms. The highest BCUT2D eigenvalue weighted by Crippen LogP contribution is 2.90. The summed E-state index contributed by atoms with van der Waals surface area (Å²) < 4.78 is 32.1. The Balaban J connectivity index is 1.10. The first-order valence-corrected chi connectivity index (χ1v) is 17.9. The maximum Gasteiger partial charge on any atom is 0.199 e. The summed E-state index contributed by atoms with van der Waals surface area (Å²) in [4.78, 5) is 0. The monoisotopic (exact) mass is 634 g/mol. The molecule has 45 heavy (non-hydrogen) atoms. The van der Waals surface area contributed by atoms with Gasteiger partial charge in [0.05, 0.1) is 24.4 Å². The van der Waals surface area contributed by atoms with E-state index in [2.05, 4.69) is 48.5 Å². The van der Waals surface area contributed by atoms with Crippen molar-refractivity contribution < 1.29 is 44.1 Å². The van der Waals surface area contributed by atoms with Crippen LogP contribution in [0, 0.1) is 50.7 Å². The lowest BCUT2D eigenvalue weighted by atomic mass is 9.41. The molecule has 8 fully saturated rings. The molecule has 3 aliphatic heterocycles. The molecule has 3 heterocycles. The third-order valence-electron chi connectivity index (χ3n) is 16.4. The predicted molar refractivity (Wildman–Crippen MR) is 164 cm³/mol. The largest absolute Gasteiger partial charge is 0.388 e. The van der Waals surface area contributed by atoms with Crippen LogP contribution in [0.2, 0.25) is 0 Å². The van der Waals surface area contributed by atoms with Crippen molar-refractivity contribution in [2.45, 2.75) is 160 Å². The van der Waals surface area contributed by atoms with Gasteiger partial charge < -0.3 is 44.1 Å². The molecule has 5 aliphatic carbocycles. The topological polar surface area (TPSA) is 127 Å². The van der Waals surface area contributed by atoms with Gasteiger partial charge in [-0.2, -0.15) is 0 Å². The molecule has 6 unspecified atom stereocenters. The molecule has 256 valence electrons. The van der Waals surface area contributed by atoms with Crippen LogP contribution in [0.4, 0.5) is 0 Å². The van der Waals surface area contributed by atoms with Crippen molar-refractivity contribution in [1.82, 2.24) is 0 Å². The van der Waals surface area contributed by atoms with Gasteiger partial charge in [-0.25, -0.2) is 0 Å². The molecule has 8 aliphatic rings. The van der Waals surface area contributed by atoms with Crippen LogP contribution < -0.4 is 0 Å². The molecule has 8 rings (SSSR count). The Morgan fingerprint density at radius 3 is 2.24 bits per heavy atom. The summed E-state index contributed by atoms with van der Waals surface area (Å²) in [5, 5.41) is 43.6. The Bertz CT molecular complexity index is 1220. The van der Waals surface area contributed by atoms with E-state index in [1.165, 1.54) is 12.8 Å². The van der Waals surface area contributed by atoms with Crippen LogP contribution in [0.1, 0.15) is 99.8 Å². The predicted octanol–water partition coefficient (Wildman–Crippen LogP) is 3.78. The van der Waals surface area contributed by atoms with Crippen LogP contribution in [0.15, 0.2) is 0 Å². The molecular weight excluding hydrogens is 576 g/mol. The van der Waals surface area contributed by atoms with Gasteiger partial charge in [0, 0.05) is 18.4 Å². The summed E-state index contributed by atoms with van der Waals surface area (Å²) in [6.45, 7) is 16.0.